The summed E-state index contributed by atoms with van der Waals surface area (Å²) in [6.07, 6.45) is -0.439. The number of hydrogen-bond acceptors (Lipinski definition) is 5. The molecule has 0 spiro atoms. The Bertz CT molecular complexity index is 770. The summed E-state index contributed by atoms with van der Waals surface area (Å²) in [7, 11) is 1.23. The van der Waals surface area contributed by atoms with Crippen molar-refractivity contribution < 1.29 is 25.9 Å². The van der Waals surface area contributed by atoms with E-state index in [1.807, 2.05) is 0 Å². The Morgan fingerprint density at radius 3 is 2.52 bits per heavy atom. The molecule has 0 bridgehead atoms. The first kappa shape index (κ1) is 11.8. The van der Waals surface area contributed by atoms with Gasteiger partial charge in [0.2, 0.25) is 0 Å². The van der Waals surface area contributed by atoms with Crippen LogP contribution in [0.15, 0.2) is 35.1 Å². The van der Waals surface area contributed by atoms with Crippen molar-refractivity contribution in [3.63, 3.8) is 0 Å². The fourth-order valence-corrected chi connectivity index (χ4v) is 3.30. The molecule has 5 nitrogen and oxygen atoms in total. The quantitative estimate of drug-likeness (QED) is 0.789. The van der Waals surface area contributed by atoms with E-state index in [1.165, 1.54) is 12.0 Å². The van der Waals surface area contributed by atoms with Gasteiger partial charge in [-0.3, -0.25) is 4.90 Å². The summed E-state index contributed by atoms with van der Waals surface area (Å²) in [6.45, 7) is 5.27. The maximum Gasteiger partial charge on any atom is 0.411 e. The maximum atomic E-state index is 12.5. The van der Waals surface area contributed by atoms with Crippen LogP contribution in [0.4, 0.5) is 4.79 Å². The van der Waals surface area contributed by atoms with Gasteiger partial charge in [-0.1, -0.05) is 18.1 Å². The van der Waals surface area contributed by atoms with Crippen LogP contribution in [0.5, 0.6) is 0 Å². The molecule has 1 aliphatic rings. The second-order valence-corrected chi connectivity index (χ2v) is 7.41. The van der Waals surface area contributed by atoms with Gasteiger partial charge in [0, 0.05) is 16.7 Å². The molecule has 23 heavy (non-hydrogen) atoms. The molecule has 6 heteroatoms. The van der Waals surface area contributed by atoms with Crippen molar-refractivity contribution in [3.8, 4) is 0 Å². The fraction of sp³-hybridized carbons (Fsp3) is 0.529. The summed E-state index contributed by atoms with van der Waals surface area (Å²) >= 11 is 1.06. The third-order valence-electron chi connectivity index (χ3n) is 3.13. The molecule has 1 aliphatic heterocycles. The van der Waals surface area contributed by atoms with Gasteiger partial charge < -0.3 is 9.47 Å². The molecule has 2 atom stereocenters. The second-order valence-electron chi connectivity index (χ2n) is 6.10. The van der Waals surface area contributed by atoms with Gasteiger partial charge in [-0.25, -0.2) is 9.59 Å². The lowest BCUT2D eigenvalue weighted by Crippen LogP contribution is -2.43. The van der Waals surface area contributed by atoms with Gasteiger partial charge in [-0.15, -0.1) is 11.8 Å². The van der Waals surface area contributed by atoms with Crippen LogP contribution < -0.4 is 0 Å². The minimum atomic E-state index is -0.859. The lowest BCUT2D eigenvalue weighted by molar-refractivity contribution is -0.145. The third kappa shape index (κ3) is 4.89. The topological polar surface area (TPSA) is 55.8 Å². The summed E-state index contributed by atoms with van der Waals surface area (Å²) in [5.74, 6) is -0.588. The van der Waals surface area contributed by atoms with Gasteiger partial charge in [-0.2, -0.15) is 0 Å². The van der Waals surface area contributed by atoms with Gasteiger partial charge in [-0.05, 0) is 39.3 Å². The number of amides is 1. The first-order chi connectivity index (χ1) is 12.9. The number of methoxy groups -OCH3 is 1. The number of rotatable bonds is 3. The number of benzene rings is 1. The first-order valence-corrected chi connectivity index (χ1v) is 8.06. The van der Waals surface area contributed by atoms with Crippen molar-refractivity contribution >= 4 is 23.8 Å². The van der Waals surface area contributed by atoms with Crippen LogP contribution in [0.2, 0.25) is 0 Å². The van der Waals surface area contributed by atoms with Crippen molar-refractivity contribution in [2.45, 2.75) is 49.0 Å². The van der Waals surface area contributed by atoms with Crippen LogP contribution in [-0.2, 0) is 14.3 Å². The van der Waals surface area contributed by atoms with E-state index >= 15 is 0 Å². The highest BCUT2D eigenvalue weighted by atomic mass is 32.2. The van der Waals surface area contributed by atoms with Crippen molar-refractivity contribution in [2.24, 2.45) is 0 Å². The number of ether oxygens (including phenoxy) is 2. The van der Waals surface area contributed by atoms with Gasteiger partial charge in [0.25, 0.3) is 0 Å². The van der Waals surface area contributed by atoms with E-state index in [1.54, 1.807) is 20.8 Å². The molecule has 0 radical (unpaired) electrons. The van der Waals surface area contributed by atoms with Crippen molar-refractivity contribution in [3.05, 3.63) is 30.2 Å². The SMILES string of the molecule is [2H]c1c([2H])c([2H])c(S[C@H]2C[C@@H](C(=O)OC)N(C(=O)OC(C)(C)C)C2)c([2H])c1[2H]. The number of carbonyl (C=O) groups is 2. The molecule has 0 aromatic heterocycles. The highest BCUT2D eigenvalue weighted by Gasteiger charge is 2.42. The molecule has 1 fully saturated rings. The van der Waals surface area contributed by atoms with Crippen LogP contribution in [0.3, 0.4) is 0 Å². The molecular weight excluding hydrogens is 314 g/mol. The summed E-state index contributed by atoms with van der Waals surface area (Å²) in [5.41, 5.74) is -0.740. The Morgan fingerprint density at radius 1 is 1.30 bits per heavy atom. The molecule has 2 rings (SSSR count). The molecule has 1 aromatic carbocycles. The predicted molar refractivity (Wildman–Crippen MR) is 89.4 cm³/mol. The van der Waals surface area contributed by atoms with E-state index in [2.05, 4.69) is 0 Å². The van der Waals surface area contributed by atoms with E-state index in [-0.39, 0.29) is 35.2 Å². The summed E-state index contributed by atoms with van der Waals surface area (Å²) in [4.78, 5) is 26.0. The average molecular weight is 342 g/mol. The van der Waals surface area contributed by atoms with E-state index < -0.39 is 41.8 Å². The van der Waals surface area contributed by atoms with E-state index in [9.17, 15) is 9.59 Å². The molecule has 1 amide bonds. The van der Waals surface area contributed by atoms with Crippen molar-refractivity contribution in [1.82, 2.24) is 4.90 Å². The number of hydrogen-bond donors (Lipinski definition) is 0. The lowest BCUT2D eigenvalue weighted by atomic mass is 10.2. The van der Waals surface area contributed by atoms with Crippen LogP contribution in [0.25, 0.3) is 0 Å². The van der Waals surface area contributed by atoms with Crippen LogP contribution in [0.1, 0.15) is 34.0 Å². The Labute approximate surface area is 148 Å². The van der Waals surface area contributed by atoms with Gasteiger partial charge in [0.05, 0.1) is 14.0 Å². The number of esters is 1. The number of thioether (sulfide) groups is 1. The molecule has 1 saturated heterocycles. The largest absolute Gasteiger partial charge is 0.467 e. The average Bonchev–Trinajstić information content (AvgIpc) is 3.04. The zero-order valence-electron chi connectivity index (χ0n) is 18.6. The Hall–Kier alpha value is -1.69. The monoisotopic (exact) mass is 342 g/mol. The Balaban J connectivity index is 2.29. The van der Waals surface area contributed by atoms with Crippen molar-refractivity contribution in [2.75, 3.05) is 13.7 Å². The van der Waals surface area contributed by atoms with Gasteiger partial charge >= 0.3 is 12.1 Å². The van der Waals surface area contributed by atoms with Crippen LogP contribution in [0, 0.1) is 0 Å². The van der Waals surface area contributed by atoms with E-state index in [0.29, 0.717) is 0 Å². The van der Waals surface area contributed by atoms with Crippen LogP contribution in [-0.4, -0.2) is 47.5 Å². The molecule has 0 N–H and O–H groups in total. The van der Waals surface area contributed by atoms with Gasteiger partial charge in [0.15, 0.2) is 0 Å². The minimum absolute atomic E-state index is 0.0886. The Kier molecular flexibility index (Phi) is 3.72. The standard InChI is InChI=1S/C17H23NO4S/c1-17(2,3)22-16(20)18-11-13(10-14(18)15(19)21-4)23-12-8-6-5-7-9-12/h5-9,13-14H,10-11H2,1-4H3/t13-,14-/m0/s1/i5D,6D,7D,8D,9D. The zero-order chi connectivity index (χ0) is 21.4. The molecule has 0 unspecified atom stereocenters. The van der Waals surface area contributed by atoms with Crippen molar-refractivity contribution in [1.29, 1.82) is 0 Å². The molecule has 126 valence electrons. The molecular formula is C17H23NO4S. The second kappa shape index (κ2) is 7.25. The maximum absolute atomic E-state index is 12.5. The summed E-state index contributed by atoms with van der Waals surface area (Å²) < 4.78 is 49.4. The van der Waals surface area contributed by atoms with E-state index in [0.717, 1.165) is 11.8 Å². The van der Waals surface area contributed by atoms with Crippen LogP contribution >= 0.6 is 11.8 Å². The van der Waals surface area contributed by atoms with E-state index in [4.69, 9.17) is 16.3 Å². The molecule has 1 heterocycles. The number of nitrogens with zero attached hydrogens (tertiary/aromatic N) is 1. The highest BCUT2D eigenvalue weighted by molar-refractivity contribution is 8.00. The normalized spacial score (nSPS) is 24.2. The lowest BCUT2D eigenvalue weighted by Gasteiger charge is -2.27. The zero-order valence-corrected chi connectivity index (χ0v) is 14.4. The highest BCUT2D eigenvalue weighted by Crippen LogP contribution is 2.34. The molecule has 1 aromatic rings. The Morgan fingerprint density at radius 2 is 1.96 bits per heavy atom. The molecule has 0 saturated carbocycles. The van der Waals surface area contributed by atoms with Gasteiger partial charge in [0.1, 0.15) is 11.6 Å². The fourth-order valence-electron chi connectivity index (χ4n) is 2.23. The summed E-state index contributed by atoms with van der Waals surface area (Å²) in [6, 6.07) is -2.77. The third-order valence-corrected chi connectivity index (χ3v) is 4.24. The predicted octanol–water partition coefficient (Wildman–Crippen LogP) is 3.33. The summed E-state index contributed by atoms with van der Waals surface area (Å²) in [5, 5.41) is -0.361. The molecule has 0 aliphatic carbocycles. The first-order valence-electron chi connectivity index (χ1n) is 9.68. The number of likely N-dealkylation sites (tertiary alicyclic amines) is 1. The minimum Gasteiger partial charge on any atom is -0.467 e. The smallest absolute Gasteiger partial charge is 0.411 e. The number of carbonyl (C=O) groups excluding carboxylic acids is 2.